The van der Waals surface area contributed by atoms with Crippen molar-refractivity contribution in [2.75, 3.05) is 6.54 Å². The normalized spacial score (nSPS) is 14.9. The summed E-state index contributed by atoms with van der Waals surface area (Å²) in [6, 6.07) is 0.657. The summed E-state index contributed by atoms with van der Waals surface area (Å²) >= 11 is 0. The van der Waals surface area contributed by atoms with E-state index < -0.39 is 0 Å². The van der Waals surface area contributed by atoms with Crippen LogP contribution in [0, 0.1) is 5.92 Å². The van der Waals surface area contributed by atoms with E-state index in [2.05, 4.69) is 29.5 Å². The molecule has 5 nitrogen and oxygen atoms in total. The second-order valence-corrected chi connectivity index (χ2v) is 5.66. The van der Waals surface area contributed by atoms with E-state index in [1.807, 2.05) is 10.8 Å². The predicted octanol–water partition coefficient (Wildman–Crippen LogP) is 1.30. The van der Waals surface area contributed by atoms with E-state index in [-0.39, 0.29) is 5.91 Å². The highest BCUT2D eigenvalue weighted by Gasteiger charge is 2.20. The number of aromatic nitrogens is 2. The zero-order chi connectivity index (χ0) is 13.7. The highest BCUT2D eigenvalue weighted by atomic mass is 16.1. The van der Waals surface area contributed by atoms with Crippen LogP contribution in [0.2, 0.25) is 0 Å². The number of hydrogen-bond acceptors (Lipinski definition) is 3. The Bertz CT molecular complexity index is 409. The van der Waals surface area contributed by atoms with E-state index in [0.717, 1.165) is 25.3 Å². The Hall–Kier alpha value is -1.36. The van der Waals surface area contributed by atoms with Gasteiger partial charge >= 0.3 is 0 Å². The summed E-state index contributed by atoms with van der Waals surface area (Å²) in [4.78, 5) is 16.1. The average molecular weight is 264 g/mol. The van der Waals surface area contributed by atoms with Gasteiger partial charge in [-0.05, 0) is 25.2 Å². The second kappa shape index (κ2) is 6.70. The van der Waals surface area contributed by atoms with E-state index in [1.54, 1.807) is 6.20 Å². The zero-order valence-electron chi connectivity index (χ0n) is 11.9. The first-order valence-electron chi connectivity index (χ1n) is 7.15. The highest BCUT2D eigenvalue weighted by Crippen LogP contribution is 2.19. The largest absolute Gasteiger partial charge is 0.355 e. The van der Waals surface area contributed by atoms with Crippen molar-refractivity contribution in [2.24, 2.45) is 5.92 Å². The number of carbonyl (C=O) groups is 1. The third-order valence-corrected chi connectivity index (χ3v) is 3.29. The summed E-state index contributed by atoms with van der Waals surface area (Å²) in [5, 5.41) is 6.36. The van der Waals surface area contributed by atoms with Crippen LogP contribution >= 0.6 is 0 Å². The number of amides is 1. The minimum absolute atomic E-state index is 0.0614. The summed E-state index contributed by atoms with van der Waals surface area (Å²) in [5.41, 5.74) is 0. The van der Waals surface area contributed by atoms with Crippen LogP contribution in [0.15, 0.2) is 12.4 Å². The standard InChI is InChI=1S/C14H24N4O/c1-11(2)5-6-16-14(19)10-18-8-7-15-13(18)9-17-12-3-4-12/h7-8,11-12,17H,3-6,9-10H2,1-2H3,(H,16,19). The second-order valence-electron chi connectivity index (χ2n) is 5.66. The lowest BCUT2D eigenvalue weighted by molar-refractivity contribution is -0.121. The molecule has 0 aromatic carbocycles. The van der Waals surface area contributed by atoms with Crippen LogP contribution in [0.3, 0.4) is 0 Å². The van der Waals surface area contributed by atoms with Gasteiger partial charge < -0.3 is 15.2 Å². The maximum absolute atomic E-state index is 11.8. The lowest BCUT2D eigenvalue weighted by Crippen LogP contribution is -2.30. The molecule has 1 fully saturated rings. The first-order chi connectivity index (χ1) is 9.15. The first kappa shape index (κ1) is 14.1. The van der Waals surface area contributed by atoms with Gasteiger partial charge in [0, 0.05) is 25.0 Å². The predicted molar refractivity (Wildman–Crippen MR) is 74.6 cm³/mol. The highest BCUT2D eigenvalue weighted by molar-refractivity contribution is 5.75. The minimum Gasteiger partial charge on any atom is -0.355 e. The van der Waals surface area contributed by atoms with Gasteiger partial charge in [0.1, 0.15) is 12.4 Å². The number of nitrogens with one attached hydrogen (secondary N) is 2. The molecule has 0 atom stereocenters. The zero-order valence-corrected chi connectivity index (χ0v) is 11.9. The lowest BCUT2D eigenvalue weighted by atomic mass is 10.1. The fourth-order valence-electron chi connectivity index (χ4n) is 1.89. The van der Waals surface area contributed by atoms with Crippen molar-refractivity contribution in [1.29, 1.82) is 0 Å². The van der Waals surface area contributed by atoms with Crippen molar-refractivity contribution in [2.45, 2.75) is 52.2 Å². The molecule has 1 aromatic rings. The molecular weight excluding hydrogens is 240 g/mol. The van der Waals surface area contributed by atoms with Crippen molar-refractivity contribution < 1.29 is 4.79 Å². The SMILES string of the molecule is CC(C)CCNC(=O)Cn1ccnc1CNC1CC1. The summed E-state index contributed by atoms with van der Waals surface area (Å²) in [6.07, 6.45) is 7.16. The van der Waals surface area contributed by atoms with Crippen LogP contribution in [-0.4, -0.2) is 28.0 Å². The van der Waals surface area contributed by atoms with Crippen LogP contribution in [0.1, 0.15) is 38.9 Å². The molecule has 1 aliphatic carbocycles. The molecule has 1 saturated carbocycles. The number of rotatable bonds is 8. The van der Waals surface area contributed by atoms with Gasteiger partial charge in [-0.15, -0.1) is 0 Å². The van der Waals surface area contributed by atoms with Crippen molar-refractivity contribution in [3.05, 3.63) is 18.2 Å². The molecule has 5 heteroatoms. The summed E-state index contributed by atoms with van der Waals surface area (Å²) in [6.45, 7) is 6.17. The van der Waals surface area contributed by atoms with Gasteiger partial charge in [-0.25, -0.2) is 4.98 Å². The van der Waals surface area contributed by atoms with E-state index in [1.165, 1.54) is 12.8 Å². The van der Waals surface area contributed by atoms with Crippen molar-refractivity contribution >= 4 is 5.91 Å². The Kier molecular flexibility index (Phi) is 4.96. The van der Waals surface area contributed by atoms with Gasteiger partial charge in [-0.3, -0.25) is 4.79 Å². The number of carbonyl (C=O) groups excluding carboxylic acids is 1. The Labute approximate surface area is 114 Å². The number of hydrogen-bond donors (Lipinski definition) is 2. The molecule has 0 bridgehead atoms. The molecule has 0 spiro atoms. The summed E-state index contributed by atoms with van der Waals surface area (Å²) < 4.78 is 1.92. The molecule has 0 unspecified atom stereocenters. The molecule has 0 radical (unpaired) electrons. The molecule has 1 aliphatic rings. The molecule has 0 saturated heterocycles. The average Bonchev–Trinajstić information content (AvgIpc) is 3.08. The monoisotopic (exact) mass is 264 g/mol. The molecule has 2 rings (SSSR count). The molecular formula is C14H24N4O. The lowest BCUT2D eigenvalue weighted by Gasteiger charge is -2.10. The van der Waals surface area contributed by atoms with Crippen molar-refractivity contribution in [1.82, 2.24) is 20.2 Å². The Balaban J connectivity index is 1.74. The van der Waals surface area contributed by atoms with Crippen molar-refractivity contribution in [3.63, 3.8) is 0 Å². The van der Waals surface area contributed by atoms with Gasteiger partial charge in [0.2, 0.25) is 5.91 Å². The Morgan fingerprint density at radius 2 is 2.32 bits per heavy atom. The molecule has 19 heavy (non-hydrogen) atoms. The van der Waals surface area contributed by atoms with E-state index in [0.29, 0.717) is 18.5 Å². The third kappa shape index (κ3) is 5.03. The van der Waals surface area contributed by atoms with Crippen molar-refractivity contribution in [3.8, 4) is 0 Å². The molecule has 0 aliphatic heterocycles. The van der Waals surface area contributed by atoms with Crippen LogP contribution in [0.25, 0.3) is 0 Å². The summed E-state index contributed by atoms with van der Waals surface area (Å²) in [5.74, 6) is 1.61. The van der Waals surface area contributed by atoms with Crippen LogP contribution in [-0.2, 0) is 17.9 Å². The summed E-state index contributed by atoms with van der Waals surface area (Å²) in [7, 11) is 0. The topological polar surface area (TPSA) is 59.0 Å². The molecule has 1 aromatic heterocycles. The fraction of sp³-hybridized carbons (Fsp3) is 0.714. The minimum atomic E-state index is 0.0614. The fourth-order valence-corrected chi connectivity index (χ4v) is 1.89. The number of nitrogens with zero attached hydrogens (tertiary/aromatic N) is 2. The maximum atomic E-state index is 11.8. The van der Waals surface area contributed by atoms with Gasteiger partial charge in [0.05, 0.1) is 6.54 Å². The first-order valence-corrected chi connectivity index (χ1v) is 7.15. The van der Waals surface area contributed by atoms with E-state index in [9.17, 15) is 4.79 Å². The van der Waals surface area contributed by atoms with Crippen LogP contribution in [0.5, 0.6) is 0 Å². The van der Waals surface area contributed by atoms with Gasteiger partial charge in [0.15, 0.2) is 0 Å². The molecule has 1 heterocycles. The molecule has 106 valence electrons. The molecule has 2 N–H and O–H groups in total. The van der Waals surface area contributed by atoms with Crippen LogP contribution in [0.4, 0.5) is 0 Å². The quantitative estimate of drug-likeness (QED) is 0.744. The van der Waals surface area contributed by atoms with Gasteiger partial charge in [0.25, 0.3) is 0 Å². The van der Waals surface area contributed by atoms with Gasteiger partial charge in [-0.1, -0.05) is 13.8 Å². The Morgan fingerprint density at radius 3 is 3.00 bits per heavy atom. The molecule has 1 amide bonds. The third-order valence-electron chi connectivity index (χ3n) is 3.29. The smallest absolute Gasteiger partial charge is 0.239 e. The number of imidazole rings is 1. The Morgan fingerprint density at radius 1 is 1.53 bits per heavy atom. The van der Waals surface area contributed by atoms with Crippen LogP contribution < -0.4 is 10.6 Å². The van der Waals surface area contributed by atoms with Gasteiger partial charge in [-0.2, -0.15) is 0 Å². The maximum Gasteiger partial charge on any atom is 0.239 e. The van der Waals surface area contributed by atoms with E-state index in [4.69, 9.17) is 0 Å². The van der Waals surface area contributed by atoms with E-state index >= 15 is 0 Å².